The van der Waals surface area contributed by atoms with Crippen molar-refractivity contribution >= 4 is 11.6 Å². The number of aromatic nitrogens is 1. The quantitative estimate of drug-likeness (QED) is 0.705. The first-order chi connectivity index (χ1) is 13.0. The second kappa shape index (κ2) is 7.47. The molecule has 1 aliphatic heterocycles. The molecule has 0 bridgehead atoms. The monoisotopic (exact) mass is 382 g/mol. The predicted octanol–water partition coefficient (Wildman–Crippen LogP) is 4.79. The van der Waals surface area contributed by atoms with Crippen LogP contribution in [0.1, 0.15) is 29.9 Å². The highest BCUT2D eigenvalue weighted by Gasteiger charge is 2.35. The van der Waals surface area contributed by atoms with Crippen molar-refractivity contribution in [2.24, 2.45) is 0 Å². The maximum absolute atomic E-state index is 11.0. The topological polar surface area (TPSA) is 49.5 Å². The molecule has 4 rings (SSSR count). The number of aryl methyl sites for hydroxylation is 1. The van der Waals surface area contributed by atoms with E-state index in [-0.39, 0.29) is 0 Å². The van der Waals surface area contributed by atoms with Crippen molar-refractivity contribution < 1.29 is 9.52 Å². The minimum atomic E-state index is -0.837. The standard InChI is InChI=1S/C22H23ClN2O2/c1-16-6-9-21(24-14-16)22(26)10-12-25(13-11-22)15-17-7-8-20(27-17)18-4-2-3-5-19(18)23/h2-9,14,26H,10-13,15H2,1H3. The molecule has 4 nitrogen and oxygen atoms in total. The number of nitrogens with zero attached hydrogens (tertiary/aromatic N) is 2. The van der Waals surface area contributed by atoms with Crippen LogP contribution in [0.15, 0.2) is 59.1 Å². The van der Waals surface area contributed by atoms with Crippen LogP contribution >= 0.6 is 11.6 Å². The molecule has 140 valence electrons. The van der Waals surface area contributed by atoms with Gasteiger partial charge in [0.25, 0.3) is 0 Å². The van der Waals surface area contributed by atoms with Gasteiger partial charge in [-0.25, -0.2) is 0 Å². The highest BCUT2D eigenvalue weighted by atomic mass is 35.5. The van der Waals surface area contributed by atoms with Crippen molar-refractivity contribution in [2.75, 3.05) is 13.1 Å². The van der Waals surface area contributed by atoms with Crippen LogP contribution in [0.5, 0.6) is 0 Å². The van der Waals surface area contributed by atoms with E-state index in [0.717, 1.165) is 48.0 Å². The zero-order chi connectivity index (χ0) is 18.9. The Bertz CT molecular complexity index is 912. The fourth-order valence-electron chi connectivity index (χ4n) is 3.57. The summed E-state index contributed by atoms with van der Waals surface area (Å²) in [6.07, 6.45) is 3.15. The lowest BCUT2D eigenvalue weighted by Gasteiger charge is -2.37. The molecule has 1 fully saturated rings. The van der Waals surface area contributed by atoms with Crippen molar-refractivity contribution in [3.63, 3.8) is 0 Å². The van der Waals surface area contributed by atoms with E-state index in [4.69, 9.17) is 16.0 Å². The van der Waals surface area contributed by atoms with Crippen LogP contribution in [-0.2, 0) is 12.1 Å². The molecule has 1 saturated heterocycles. The minimum absolute atomic E-state index is 0.668. The molecule has 0 unspecified atom stereocenters. The van der Waals surface area contributed by atoms with Gasteiger partial charge in [-0.3, -0.25) is 9.88 Å². The highest BCUT2D eigenvalue weighted by molar-refractivity contribution is 6.33. The molecule has 0 atom stereocenters. The van der Waals surface area contributed by atoms with E-state index in [1.807, 2.05) is 61.7 Å². The number of benzene rings is 1. The maximum atomic E-state index is 11.0. The lowest BCUT2D eigenvalue weighted by Crippen LogP contribution is -2.42. The van der Waals surface area contributed by atoms with Gasteiger partial charge < -0.3 is 9.52 Å². The second-order valence-corrected chi connectivity index (χ2v) is 7.68. The number of aliphatic hydroxyl groups is 1. The summed E-state index contributed by atoms with van der Waals surface area (Å²) >= 11 is 6.26. The van der Waals surface area contributed by atoms with E-state index in [2.05, 4.69) is 9.88 Å². The molecule has 27 heavy (non-hydrogen) atoms. The molecule has 5 heteroatoms. The fourth-order valence-corrected chi connectivity index (χ4v) is 3.80. The molecule has 0 amide bonds. The van der Waals surface area contributed by atoms with Gasteiger partial charge in [-0.2, -0.15) is 0 Å². The maximum Gasteiger partial charge on any atom is 0.135 e. The Balaban J connectivity index is 1.40. The third-order valence-corrected chi connectivity index (χ3v) is 5.58. The van der Waals surface area contributed by atoms with Crippen molar-refractivity contribution in [2.45, 2.75) is 31.9 Å². The van der Waals surface area contributed by atoms with Gasteiger partial charge in [0.15, 0.2) is 0 Å². The normalized spacial score (nSPS) is 17.1. The molecular weight excluding hydrogens is 360 g/mol. The Labute approximate surface area is 164 Å². The van der Waals surface area contributed by atoms with Crippen molar-refractivity contribution in [3.8, 4) is 11.3 Å². The van der Waals surface area contributed by atoms with E-state index >= 15 is 0 Å². The summed E-state index contributed by atoms with van der Waals surface area (Å²) < 4.78 is 6.00. The lowest BCUT2D eigenvalue weighted by atomic mass is 9.87. The average molecular weight is 383 g/mol. The van der Waals surface area contributed by atoms with E-state index in [9.17, 15) is 5.11 Å². The number of likely N-dealkylation sites (tertiary alicyclic amines) is 1. The Morgan fingerprint density at radius 1 is 1.11 bits per heavy atom. The van der Waals surface area contributed by atoms with Crippen LogP contribution < -0.4 is 0 Å². The van der Waals surface area contributed by atoms with E-state index < -0.39 is 5.60 Å². The first-order valence-electron chi connectivity index (χ1n) is 9.25. The van der Waals surface area contributed by atoms with Gasteiger partial charge in [-0.1, -0.05) is 29.8 Å². The SMILES string of the molecule is Cc1ccc(C2(O)CCN(Cc3ccc(-c4ccccc4Cl)o3)CC2)nc1. The molecule has 0 saturated carbocycles. The summed E-state index contributed by atoms with van der Waals surface area (Å²) in [6.45, 7) is 4.33. The van der Waals surface area contributed by atoms with Crippen LogP contribution in [0, 0.1) is 6.92 Å². The molecule has 1 aliphatic rings. The number of halogens is 1. The molecule has 3 heterocycles. The largest absolute Gasteiger partial charge is 0.460 e. The zero-order valence-corrected chi connectivity index (χ0v) is 16.1. The molecule has 3 aromatic rings. The van der Waals surface area contributed by atoms with Crippen LogP contribution in [0.4, 0.5) is 0 Å². The number of rotatable bonds is 4. The molecule has 2 aromatic heterocycles. The van der Waals surface area contributed by atoms with E-state index in [1.165, 1.54) is 0 Å². The molecule has 0 spiro atoms. The highest BCUT2D eigenvalue weighted by Crippen LogP contribution is 2.33. The van der Waals surface area contributed by atoms with Crippen LogP contribution in [0.25, 0.3) is 11.3 Å². The van der Waals surface area contributed by atoms with Crippen molar-refractivity contribution in [1.29, 1.82) is 0 Å². The van der Waals surface area contributed by atoms with Crippen LogP contribution in [0.2, 0.25) is 5.02 Å². The lowest BCUT2D eigenvalue weighted by molar-refractivity contribution is -0.0322. The van der Waals surface area contributed by atoms with Gasteiger partial charge in [0.2, 0.25) is 0 Å². The molecule has 1 N–H and O–H groups in total. The molecule has 1 aromatic carbocycles. The Morgan fingerprint density at radius 2 is 1.89 bits per heavy atom. The zero-order valence-electron chi connectivity index (χ0n) is 15.4. The van der Waals surface area contributed by atoms with Gasteiger partial charge >= 0.3 is 0 Å². The number of hydrogen-bond acceptors (Lipinski definition) is 4. The predicted molar refractivity (Wildman–Crippen MR) is 107 cm³/mol. The van der Waals surface area contributed by atoms with Gasteiger partial charge in [0.05, 0.1) is 17.3 Å². The van der Waals surface area contributed by atoms with Crippen molar-refractivity contribution in [1.82, 2.24) is 9.88 Å². The third-order valence-electron chi connectivity index (χ3n) is 5.25. The first-order valence-corrected chi connectivity index (χ1v) is 9.63. The number of pyridine rings is 1. The van der Waals surface area contributed by atoms with Crippen molar-refractivity contribution in [3.05, 3.63) is 76.8 Å². The van der Waals surface area contributed by atoms with Gasteiger partial charge in [-0.15, -0.1) is 0 Å². The Morgan fingerprint density at radius 3 is 2.59 bits per heavy atom. The fraction of sp³-hybridized carbons (Fsp3) is 0.318. The summed E-state index contributed by atoms with van der Waals surface area (Å²) in [5, 5.41) is 11.7. The van der Waals surface area contributed by atoms with Gasteiger partial charge in [0.1, 0.15) is 17.1 Å². The number of furan rings is 1. The van der Waals surface area contributed by atoms with E-state index in [1.54, 1.807) is 0 Å². The minimum Gasteiger partial charge on any atom is -0.460 e. The third kappa shape index (κ3) is 3.93. The molecular formula is C22H23ClN2O2. The Hall–Kier alpha value is -2.14. The van der Waals surface area contributed by atoms with Gasteiger partial charge in [0, 0.05) is 24.8 Å². The molecule has 0 radical (unpaired) electrons. The Kier molecular flexibility index (Phi) is 5.04. The summed E-state index contributed by atoms with van der Waals surface area (Å²) in [5.74, 6) is 1.69. The summed E-state index contributed by atoms with van der Waals surface area (Å²) in [6, 6.07) is 15.6. The second-order valence-electron chi connectivity index (χ2n) is 7.27. The summed E-state index contributed by atoms with van der Waals surface area (Å²) in [4.78, 5) is 6.73. The number of piperidine rings is 1. The van der Waals surface area contributed by atoms with E-state index in [0.29, 0.717) is 17.9 Å². The number of hydrogen-bond donors (Lipinski definition) is 1. The molecule has 0 aliphatic carbocycles. The van der Waals surface area contributed by atoms with Gasteiger partial charge in [-0.05, 0) is 55.7 Å². The smallest absolute Gasteiger partial charge is 0.135 e. The van der Waals surface area contributed by atoms with Crippen LogP contribution in [-0.4, -0.2) is 28.1 Å². The average Bonchev–Trinajstić information content (AvgIpc) is 3.13. The summed E-state index contributed by atoms with van der Waals surface area (Å²) in [7, 11) is 0. The summed E-state index contributed by atoms with van der Waals surface area (Å²) in [5.41, 5.74) is 1.94. The van der Waals surface area contributed by atoms with Crippen LogP contribution in [0.3, 0.4) is 0 Å². The first kappa shape index (κ1) is 18.2.